The zero-order valence-electron chi connectivity index (χ0n) is 14.9. The Morgan fingerprint density at radius 2 is 1.71 bits per heavy atom. The third-order valence-corrected chi connectivity index (χ3v) is 4.25. The van der Waals surface area contributed by atoms with E-state index in [9.17, 15) is 19.8 Å². The summed E-state index contributed by atoms with van der Waals surface area (Å²) in [4.78, 5) is 23.8. The molecule has 1 aliphatic heterocycles. The highest BCUT2D eigenvalue weighted by molar-refractivity contribution is 5.87. The maximum absolute atomic E-state index is 12.3. The van der Waals surface area contributed by atoms with Crippen LogP contribution < -0.4 is 0 Å². The minimum absolute atomic E-state index is 0.509. The molecular weight excluding hydrogens is 360 g/mol. The highest BCUT2D eigenvalue weighted by atomic mass is 16.6. The molecule has 0 spiro atoms. The lowest BCUT2D eigenvalue weighted by Crippen LogP contribution is -2.46. The van der Waals surface area contributed by atoms with Crippen molar-refractivity contribution < 1.29 is 29.3 Å². The monoisotopic (exact) mass is 380 g/mol. The molecule has 0 saturated heterocycles. The normalized spacial score (nSPS) is 21.1. The summed E-state index contributed by atoms with van der Waals surface area (Å²) in [5.74, 6) is -1.36. The van der Waals surface area contributed by atoms with Crippen LogP contribution in [0, 0.1) is 0 Å². The van der Waals surface area contributed by atoms with Crippen molar-refractivity contribution in [2.24, 2.45) is 0 Å². The van der Waals surface area contributed by atoms with Gasteiger partial charge in [-0.25, -0.2) is 9.59 Å². The smallest absolute Gasteiger partial charge is 0.331 e. The zero-order chi connectivity index (χ0) is 19.9. The van der Waals surface area contributed by atoms with E-state index >= 15 is 0 Å². The minimum Gasteiger partial charge on any atom is -0.453 e. The Morgan fingerprint density at radius 1 is 1.07 bits per heavy atom. The van der Waals surface area contributed by atoms with E-state index in [1.807, 2.05) is 30.3 Å². The second-order valence-corrected chi connectivity index (χ2v) is 6.25. The summed E-state index contributed by atoms with van der Waals surface area (Å²) >= 11 is 0. The van der Waals surface area contributed by atoms with Gasteiger partial charge >= 0.3 is 11.9 Å². The molecule has 2 aromatic carbocycles. The molecular formula is C22H20O6. The van der Waals surface area contributed by atoms with E-state index in [0.29, 0.717) is 5.56 Å². The van der Waals surface area contributed by atoms with Crippen LogP contribution in [0.3, 0.4) is 0 Å². The molecule has 0 unspecified atom stereocenters. The second-order valence-electron chi connectivity index (χ2n) is 6.25. The number of hydrogen-bond donors (Lipinski definition) is 2. The van der Waals surface area contributed by atoms with Gasteiger partial charge < -0.3 is 19.7 Å². The molecule has 2 N–H and O–H groups in total. The molecule has 144 valence electrons. The molecule has 28 heavy (non-hydrogen) atoms. The summed E-state index contributed by atoms with van der Waals surface area (Å²) in [6.07, 6.45) is 0.106. The molecule has 3 rings (SSSR count). The van der Waals surface area contributed by atoms with Crippen LogP contribution >= 0.6 is 0 Å². The van der Waals surface area contributed by atoms with Crippen molar-refractivity contribution in [1.82, 2.24) is 0 Å². The Kier molecular flexibility index (Phi) is 6.37. The third kappa shape index (κ3) is 4.94. The Bertz CT molecular complexity index is 859. The van der Waals surface area contributed by atoms with Crippen LogP contribution in [0.2, 0.25) is 0 Å². The third-order valence-electron chi connectivity index (χ3n) is 4.25. The van der Waals surface area contributed by atoms with Gasteiger partial charge in [0.2, 0.25) is 0 Å². The average Bonchev–Trinajstić information content (AvgIpc) is 2.73. The Hall–Kier alpha value is -3.22. The largest absolute Gasteiger partial charge is 0.453 e. The molecule has 6 heteroatoms. The van der Waals surface area contributed by atoms with Crippen LogP contribution in [-0.4, -0.2) is 40.5 Å². The molecule has 1 aliphatic rings. The lowest BCUT2D eigenvalue weighted by atomic mass is 9.96. The molecule has 2 aromatic rings. The Morgan fingerprint density at radius 3 is 2.39 bits per heavy atom. The number of rotatable bonds is 6. The molecule has 0 fully saturated rings. The maximum Gasteiger partial charge on any atom is 0.331 e. The van der Waals surface area contributed by atoms with Crippen molar-refractivity contribution in [3.8, 4) is 0 Å². The van der Waals surface area contributed by atoms with Gasteiger partial charge in [-0.3, -0.25) is 0 Å². The van der Waals surface area contributed by atoms with E-state index in [1.54, 1.807) is 36.4 Å². The van der Waals surface area contributed by atoms with Crippen LogP contribution in [0.4, 0.5) is 0 Å². The fourth-order valence-corrected chi connectivity index (χ4v) is 2.84. The van der Waals surface area contributed by atoms with Crippen molar-refractivity contribution in [1.29, 1.82) is 0 Å². The predicted molar refractivity (Wildman–Crippen MR) is 102 cm³/mol. The molecule has 0 radical (unpaired) electrons. The first-order valence-electron chi connectivity index (χ1n) is 8.78. The zero-order valence-corrected chi connectivity index (χ0v) is 14.9. The van der Waals surface area contributed by atoms with E-state index < -0.39 is 36.4 Å². The van der Waals surface area contributed by atoms with Crippen molar-refractivity contribution in [2.75, 3.05) is 0 Å². The van der Waals surface area contributed by atoms with Crippen LogP contribution in [0.5, 0.6) is 0 Å². The molecule has 4 atom stereocenters. The van der Waals surface area contributed by atoms with Crippen LogP contribution in [-0.2, 0) is 19.1 Å². The fraction of sp³-hybridized carbons (Fsp3) is 0.182. The number of ether oxygens (including phenoxy) is 2. The van der Waals surface area contributed by atoms with Crippen LogP contribution in [0.25, 0.3) is 6.08 Å². The molecule has 0 saturated carbocycles. The quantitative estimate of drug-likeness (QED) is 0.589. The maximum atomic E-state index is 12.3. The predicted octanol–water partition coefficient (Wildman–Crippen LogP) is 2.19. The topological polar surface area (TPSA) is 93.1 Å². The van der Waals surface area contributed by atoms with E-state index in [1.165, 1.54) is 12.2 Å². The number of cyclic esters (lactones) is 1. The van der Waals surface area contributed by atoms with Gasteiger partial charge in [0.15, 0.2) is 12.2 Å². The highest BCUT2D eigenvalue weighted by Crippen LogP contribution is 2.28. The summed E-state index contributed by atoms with van der Waals surface area (Å²) in [5.41, 5.74) is 1.33. The Balaban J connectivity index is 1.79. The van der Waals surface area contributed by atoms with Gasteiger partial charge in [-0.05, 0) is 23.3 Å². The second kappa shape index (κ2) is 9.12. The van der Waals surface area contributed by atoms with Crippen molar-refractivity contribution in [3.05, 3.63) is 90.0 Å². The van der Waals surface area contributed by atoms with Gasteiger partial charge in [-0.15, -0.1) is 0 Å². The van der Waals surface area contributed by atoms with Gasteiger partial charge in [-0.1, -0.05) is 60.7 Å². The Labute approximate surface area is 162 Å². The molecule has 1 heterocycles. The number of carbonyl (C=O) groups is 2. The first-order valence-corrected chi connectivity index (χ1v) is 8.78. The summed E-state index contributed by atoms with van der Waals surface area (Å²) in [6.45, 7) is 0. The van der Waals surface area contributed by atoms with Gasteiger partial charge in [0.05, 0.1) is 0 Å². The van der Waals surface area contributed by atoms with Crippen LogP contribution in [0.15, 0.2) is 78.9 Å². The lowest BCUT2D eigenvalue weighted by Gasteiger charge is -2.32. The van der Waals surface area contributed by atoms with Gasteiger partial charge in [0.1, 0.15) is 12.2 Å². The first-order chi connectivity index (χ1) is 13.5. The number of aliphatic hydroxyl groups excluding tert-OH is 2. The standard InChI is InChI=1S/C22H20O6/c23-17-12-14-19(25)28-22(17)20(26)21(16-9-5-2-6-10-16)27-18(24)13-11-15-7-3-1-4-8-15/h1-14,17,20-23,26H/t17-,20+,21+,22-/m0/s1. The summed E-state index contributed by atoms with van der Waals surface area (Å²) in [7, 11) is 0. The molecule has 0 amide bonds. The first kappa shape index (κ1) is 19.5. The molecule has 0 bridgehead atoms. The summed E-state index contributed by atoms with van der Waals surface area (Å²) in [6, 6.07) is 17.8. The molecule has 0 aliphatic carbocycles. The van der Waals surface area contributed by atoms with Crippen molar-refractivity contribution in [3.63, 3.8) is 0 Å². The van der Waals surface area contributed by atoms with E-state index in [2.05, 4.69) is 0 Å². The van der Waals surface area contributed by atoms with Gasteiger partial charge in [0, 0.05) is 12.2 Å². The fourth-order valence-electron chi connectivity index (χ4n) is 2.84. The van der Waals surface area contributed by atoms with Gasteiger partial charge in [-0.2, -0.15) is 0 Å². The number of esters is 2. The SMILES string of the molecule is O=C1C=C[C@H](O)[C@@H]([C@H](O)[C@H](OC(=O)C=Cc2ccccc2)c2ccccc2)O1. The highest BCUT2D eigenvalue weighted by Gasteiger charge is 2.39. The van der Waals surface area contributed by atoms with Crippen LogP contribution in [0.1, 0.15) is 17.2 Å². The molecule has 0 aromatic heterocycles. The average molecular weight is 380 g/mol. The van der Waals surface area contributed by atoms with Gasteiger partial charge in [0.25, 0.3) is 0 Å². The number of aliphatic hydroxyl groups is 2. The minimum atomic E-state index is -1.46. The lowest BCUT2D eigenvalue weighted by molar-refractivity contribution is -0.175. The van der Waals surface area contributed by atoms with Crippen molar-refractivity contribution in [2.45, 2.75) is 24.4 Å². The van der Waals surface area contributed by atoms with E-state index in [4.69, 9.17) is 9.47 Å². The van der Waals surface area contributed by atoms with E-state index in [0.717, 1.165) is 11.6 Å². The summed E-state index contributed by atoms with van der Waals surface area (Å²) < 4.78 is 10.5. The number of hydrogen-bond acceptors (Lipinski definition) is 6. The number of carbonyl (C=O) groups excluding carboxylic acids is 2. The summed E-state index contributed by atoms with van der Waals surface area (Å²) in [5, 5.41) is 20.8. The van der Waals surface area contributed by atoms with Crippen molar-refractivity contribution >= 4 is 18.0 Å². The number of benzene rings is 2. The molecule has 6 nitrogen and oxygen atoms in total. The van der Waals surface area contributed by atoms with E-state index in [-0.39, 0.29) is 0 Å².